The SMILES string of the molecule is Cn1cc2c(cc1=O)OCCCc1cc(F)cc(F)c1Oc1ccc(N)cc1-2. The number of aromatic nitrogens is 1. The molecule has 3 aromatic rings. The number of nitrogen functional groups attached to an aromatic ring is 1. The molecule has 1 aliphatic heterocycles. The minimum atomic E-state index is -0.779. The van der Waals surface area contributed by atoms with Crippen LogP contribution in [-0.2, 0) is 13.5 Å². The second-order valence-electron chi connectivity index (χ2n) is 6.69. The van der Waals surface area contributed by atoms with Gasteiger partial charge in [-0.25, -0.2) is 8.78 Å². The number of anilines is 1. The summed E-state index contributed by atoms with van der Waals surface area (Å²) in [6, 6.07) is 8.36. The summed E-state index contributed by atoms with van der Waals surface area (Å²) in [5, 5.41) is 0. The maximum absolute atomic E-state index is 14.5. The maximum Gasteiger partial charge on any atom is 0.254 e. The van der Waals surface area contributed by atoms with Gasteiger partial charge in [0.2, 0.25) is 0 Å². The summed E-state index contributed by atoms with van der Waals surface area (Å²) in [4.78, 5) is 12.1. The molecule has 0 fully saturated rings. The van der Waals surface area contributed by atoms with Crippen LogP contribution in [0.3, 0.4) is 0 Å². The van der Waals surface area contributed by atoms with E-state index in [1.165, 1.54) is 16.7 Å². The standard InChI is InChI=1S/C21H18F2N2O3/c1-25-11-16-15-9-14(24)4-5-18(15)28-21-12(7-13(22)8-17(21)23)3-2-6-27-19(16)10-20(25)26/h4-5,7-11H,2-3,6,24H2,1H3. The number of ether oxygens (including phenoxy) is 2. The lowest BCUT2D eigenvalue weighted by Crippen LogP contribution is -2.16. The lowest BCUT2D eigenvalue weighted by atomic mass is 10.0. The fraction of sp³-hybridized carbons (Fsp3) is 0.190. The highest BCUT2D eigenvalue weighted by molar-refractivity contribution is 5.78. The van der Waals surface area contributed by atoms with E-state index >= 15 is 0 Å². The van der Waals surface area contributed by atoms with Gasteiger partial charge in [-0.15, -0.1) is 0 Å². The van der Waals surface area contributed by atoms with Gasteiger partial charge in [-0.2, -0.15) is 0 Å². The molecule has 0 aliphatic carbocycles. The van der Waals surface area contributed by atoms with Crippen molar-refractivity contribution in [3.63, 3.8) is 0 Å². The lowest BCUT2D eigenvalue weighted by molar-refractivity contribution is 0.311. The van der Waals surface area contributed by atoms with Crippen LogP contribution < -0.4 is 20.8 Å². The molecular weight excluding hydrogens is 366 g/mol. The minimum absolute atomic E-state index is 0.0271. The highest BCUT2D eigenvalue weighted by Gasteiger charge is 2.20. The van der Waals surface area contributed by atoms with E-state index in [2.05, 4.69) is 0 Å². The van der Waals surface area contributed by atoms with Crippen molar-refractivity contribution in [1.29, 1.82) is 0 Å². The van der Waals surface area contributed by atoms with Crippen LogP contribution in [0.15, 0.2) is 47.4 Å². The Morgan fingerprint density at radius 1 is 1.07 bits per heavy atom. The summed E-state index contributed by atoms with van der Waals surface area (Å²) < 4.78 is 41.4. The number of hydrogen-bond acceptors (Lipinski definition) is 4. The van der Waals surface area contributed by atoms with Gasteiger partial charge in [0.15, 0.2) is 11.6 Å². The molecule has 0 saturated carbocycles. The Morgan fingerprint density at radius 2 is 1.89 bits per heavy atom. The van der Waals surface area contributed by atoms with Crippen molar-refractivity contribution in [3.8, 4) is 28.4 Å². The Labute approximate surface area is 159 Å². The van der Waals surface area contributed by atoms with Gasteiger partial charge in [-0.1, -0.05) is 0 Å². The van der Waals surface area contributed by atoms with Crippen LogP contribution in [0.25, 0.3) is 11.1 Å². The number of benzene rings is 2. The molecule has 2 aromatic carbocycles. The zero-order valence-corrected chi connectivity index (χ0v) is 15.2. The van der Waals surface area contributed by atoms with Crippen molar-refractivity contribution >= 4 is 5.69 Å². The largest absolute Gasteiger partial charge is 0.493 e. The molecule has 0 amide bonds. The van der Waals surface area contributed by atoms with Crippen LogP contribution >= 0.6 is 0 Å². The predicted octanol–water partition coefficient (Wildman–Crippen LogP) is 4.03. The van der Waals surface area contributed by atoms with Gasteiger partial charge in [0.1, 0.15) is 17.3 Å². The summed E-state index contributed by atoms with van der Waals surface area (Å²) >= 11 is 0. The predicted molar refractivity (Wildman–Crippen MR) is 102 cm³/mol. The Hall–Kier alpha value is -3.35. The first-order valence-corrected chi connectivity index (χ1v) is 8.81. The number of hydrogen-bond donors (Lipinski definition) is 1. The van der Waals surface area contributed by atoms with Crippen molar-refractivity contribution in [2.75, 3.05) is 12.3 Å². The fourth-order valence-electron chi connectivity index (χ4n) is 3.25. The molecule has 7 heteroatoms. The molecule has 2 N–H and O–H groups in total. The van der Waals surface area contributed by atoms with Crippen LogP contribution in [0.5, 0.6) is 17.2 Å². The maximum atomic E-state index is 14.5. The average molecular weight is 384 g/mol. The smallest absolute Gasteiger partial charge is 0.254 e. The fourth-order valence-corrected chi connectivity index (χ4v) is 3.25. The third-order valence-electron chi connectivity index (χ3n) is 4.63. The van der Waals surface area contributed by atoms with Crippen molar-refractivity contribution < 1.29 is 18.3 Å². The van der Waals surface area contributed by atoms with Crippen LogP contribution in [0.4, 0.5) is 14.5 Å². The van der Waals surface area contributed by atoms with Crippen molar-refractivity contribution in [2.45, 2.75) is 12.8 Å². The average Bonchev–Trinajstić information content (AvgIpc) is 2.66. The van der Waals surface area contributed by atoms with Crippen molar-refractivity contribution in [3.05, 3.63) is 70.1 Å². The molecule has 0 radical (unpaired) electrons. The molecule has 2 heterocycles. The zero-order chi connectivity index (χ0) is 19.8. The zero-order valence-electron chi connectivity index (χ0n) is 15.2. The number of halogens is 2. The van der Waals surface area contributed by atoms with E-state index in [0.29, 0.717) is 46.7 Å². The Bertz CT molecular complexity index is 1130. The molecule has 1 aromatic heterocycles. The van der Waals surface area contributed by atoms with Gasteiger partial charge in [0.05, 0.1) is 6.61 Å². The van der Waals surface area contributed by atoms with E-state index in [1.54, 1.807) is 31.4 Å². The summed E-state index contributed by atoms with van der Waals surface area (Å²) in [6.07, 6.45) is 2.47. The third-order valence-corrected chi connectivity index (χ3v) is 4.63. The Balaban J connectivity index is 1.96. The van der Waals surface area contributed by atoms with Gasteiger partial charge >= 0.3 is 0 Å². The summed E-state index contributed by atoms with van der Waals surface area (Å²) in [5.41, 5.74) is 7.74. The molecule has 0 saturated heterocycles. The third kappa shape index (κ3) is 3.31. The Kier molecular flexibility index (Phi) is 4.50. The number of fused-ring (bicyclic) bond motifs is 4. The van der Waals surface area contributed by atoms with Crippen LogP contribution in [0.1, 0.15) is 12.0 Å². The topological polar surface area (TPSA) is 66.5 Å². The molecule has 0 atom stereocenters. The number of pyridine rings is 1. The molecular formula is C21H18F2N2O3. The number of rotatable bonds is 0. The number of aryl methyl sites for hydroxylation is 2. The molecule has 5 nitrogen and oxygen atoms in total. The van der Waals surface area contributed by atoms with Crippen molar-refractivity contribution in [2.24, 2.45) is 7.05 Å². The summed E-state index contributed by atoms with van der Waals surface area (Å²) in [6.45, 7) is 0.273. The van der Waals surface area contributed by atoms with Gasteiger partial charge in [-0.3, -0.25) is 4.79 Å². The van der Waals surface area contributed by atoms with E-state index in [-0.39, 0.29) is 17.9 Å². The van der Waals surface area contributed by atoms with E-state index in [9.17, 15) is 13.6 Å². The quantitative estimate of drug-likeness (QED) is 0.595. The van der Waals surface area contributed by atoms with E-state index in [1.807, 2.05) is 0 Å². The van der Waals surface area contributed by atoms with E-state index in [4.69, 9.17) is 15.2 Å². The molecule has 144 valence electrons. The molecule has 1 aliphatic rings. The van der Waals surface area contributed by atoms with E-state index < -0.39 is 11.6 Å². The van der Waals surface area contributed by atoms with Gasteiger partial charge in [0, 0.05) is 47.8 Å². The van der Waals surface area contributed by atoms with Gasteiger partial charge < -0.3 is 19.8 Å². The number of nitrogens with zero attached hydrogens (tertiary/aromatic N) is 1. The minimum Gasteiger partial charge on any atom is -0.493 e. The van der Waals surface area contributed by atoms with Gasteiger partial charge in [0.25, 0.3) is 5.56 Å². The summed E-state index contributed by atoms with van der Waals surface area (Å²) in [7, 11) is 1.62. The highest BCUT2D eigenvalue weighted by Crippen LogP contribution is 2.41. The summed E-state index contributed by atoms with van der Waals surface area (Å²) in [5.74, 6) is -0.763. The molecule has 4 rings (SSSR count). The first-order valence-electron chi connectivity index (χ1n) is 8.81. The van der Waals surface area contributed by atoms with E-state index in [0.717, 1.165) is 6.07 Å². The van der Waals surface area contributed by atoms with Crippen LogP contribution in [0, 0.1) is 11.6 Å². The normalized spacial score (nSPS) is 13.2. The first-order chi connectivity index (χ1) is 13.4. The lowest BCUT2D eigenvalue weighted by Gasteiger charge is -2.16. The molecule has 0 spiro atoms. The first kappa shape index (κ1) is 18.0. The van der Waals surface area contributed by atoms with Crippen LogP contribution in [-0.4, -0.2) is 11.2 Å². The second kappa shape index (κ2) is 6.99. The molecule has 0 bridgehead atoms. The molecule has 0 unspecified atom stereocenters. The Morgan fingerprint density at radius 3 is 2.71 bits per heavy atom. The van der Waals surface area contributed by atoms with Crippen LogP contribution in [0.2, 0.25) is 0 Å². The number of nitrogens with two attached hydrogens (primary N) is 1. The van der Waals surface area contributed by atoms with Crippen molar-refractivity contribution in [1.82, 2.24) is 4.57 Å². The highest BCUT2D eigenvalue weighted by atomic mass is 19.1. The molecule has 28 heavy (non-hydrogen) atoms. The van der Waals surface area contributed by atoms with Gasteiger partial charge in [-0.05, 0) is 37.1 Å². The second-order valence-corrected chi connectivity index (χ2v) is 6.69. The monoisotopic (exact) mass is 384 g/mol.